The molecule has 0 aliphatic heterocycles. The molecule has 0 saturated carbocycles. The molecule has 0 heterocycles. The molecule has 0 fully saturated rings. The predicted molar refractivity (Wildman–Crippen MR) is 47.6 cm³/mol. The smallest absolute Gasteiger partial charge is 0.0361 e. The van der Waals surface area contributed by atoms with Crippen molar-refractivity contribution in [3.05, 3.63) is 24.3 Å². The van der Waals surface area contributed by atoms with E-state index < -0.39 is 0 Å². The molecule has 1 nitrogen and oxygen atoms in total. The van der Waals surface area contributed by atoms with Gasteiger partial charge in [0.05, 0.1) is 0 Å². The molecule has 0 bridgehead atoms. The summed E-state index contributed by atoms with van der Waals surface area (Å²) in [6.07, 6.45) is 6.91. The number of hydrogen-bond acceptors (Lipinski definition) is 1. The van der Waals surface area contributed by atoms with Crippen molar-refractivity contribution >= 4 is 6.21 Å². The Morgan fingerprint density at radius 1 is 1.50 bits per heavy atom. The molecule has 0 aromatic rings. The molecule has 0 aliphatic rings. The molecule has 0 aromatic heterocycles. The highest BCUT2D eigenvalue weighted by Crippen LogP contribution is 1.90. The zero-order chi connectivity index (χ0) is 7.82. The van der Waals surface area contributed by atoms with Gasteiger partial charge in [0.15, 0.2) is 0 Å². The minimum Gasteiger partial charge on any atom is -0.293 e. The zero-order valence-corrected chi connectivity index (χ0v) is 6.80. The quantitative estimate of drug-likeness (QED) is 0.417. The summed E-state index contributed by atoms with van der Waals surface area (Å²) in [4.78, 5) is 4.05. The summed E-state index contributed by atoms with van der Waals surface area (Å²) < 4.78 is 0. The summed E-state index contributed by atoms with van der Waals surface area (Å²) in [6, 6.07) is 0. The van der Waals surface area contributed by atoms with E-state index in [4.69, 9.17) is 0 Å². The summed E-state index contributed by atoms with van der Waals surface area (Å²) in [6.45, 7) is 8.73. The minimum atomic E-state index is 0.832. The van der Waals surface area contributed by atoms with Crippen LogP contribution in [-0.4, -0.2) is 12.8 Å². The van der Waals surface area contributed by atoms with Crippen molar-refractivity contribution in [2.75, 3.05) is 6.54 Å². The van der Waals surface area contributed by atoms with Crippen molar-refractivity contribution < 1.29 is 0 Å². The summed E-state index contributed by atoms with van der Waals surface area (Å²) in [7, 11) is 0. The van der Waals surface area contributed by atoms with Crippen LogP contribution < -0.4 is 0 Å². The molecule has 10 heavy (non-hydrogen) atoms. The molecule has 0 radical (unpaired) electrons. The fraction of sp³-hybridized carbons (Fsp3) is 0.444. The molecule has 56 valence electrons. The SMILES string of the molecule is C=C(/C=C\CC)/C=N\CC. The lowest BCUT2D eigenvalue weighted by atomic mass is 10.3. The van der Waals surface area contributed by atoms with E-state index in [1.54, 1.807) is 6.21 Å². The van der Waals surface area contributed by atoms with Gasteiger partial charge in [0, 0.05) is 12.8 Å². The maximum absolute atomic E-state index is 4.05. The van der Waals surface area contributed by atoms with Crippen molar-refractivity contribution in [1.29, 1.82) is 0 Å². The van der Waals surface area contributed by atoms with Gasteiger partial charge in [-0.1, -0.05) is 25.7 Å². The normalized spacial score (nSPS) is 11.4. The molecule has 0 unspecified atom stereocenters. The maximum atomic E-state index is 4.05. The van der Waals surface area contributed by atoms with Crippen LogP contribution in [0, 0.1) is 0 Å². The summed E-state index contributed by atoms with van der Waals surface area (Å²) >= 11 is 0. The Kier molecular flexibility index (Phi) is 5.74. The van der Waals surface area contributed by atoms with Crippen molar-refractivity contribution in [2.45, 2.75) is 20.3 Å². The van der Waals surface area contributed by atoms with E-state index in [-0.39, 0.29) is 0 Å². The predicted octanol–water partition coefficient (Wildman–Crippen LogP) is 2.60. The molecule has 0 atom stereocenters. The van der Waals surface area contributed by atoms with Crippen LogP contribution in [0.1, 0.15) is 20.3 Å². The second kappa shape index (κ2) is 6.27. The van der Waals surface area contributed by atoms with E-state index in [9.17, 15) is 0 Å². The van der Waals surface area contributed by atoms with E-state index >= 15 is 0 Å². The molecule has 0 spiro atoms. The van der Waals surface area contributed by atoms with Gasteiger partial charge in [0.1, 0.15) is 0 Å². The van der Waals surface area contributed by atoms with Crippen LogP contribution in [0.2, 0.25) is 0 Å². The largest absolute Gasteiger partial charge is 0.293 e. The number of nitrogens with zero attached hydrogens (tertiary/aromatic N) is 1. The monoisotopic (exact) mass is 137 g/mol. The number of rotatable bonds is 4. The average molecular weight is 137 g/mol. The first-order valence-electron chi connectivity index (χ1n) is 3.66. The van der Waals surface area contributed by atoms with Gasteiger partial charge in [-0.25, -0.2) is 0 Å². The van der Waals surface area contributed by atoms with Gasteiger partial charge >= 0.3 is 0 Å². The maximum Gasteiger partial charge on any atom is 0.0361 e. The Bertz CT molecular complexity index is 127. The third-order valence-electron chi connectivity index (χ3n) is 1.01. The number of aliphatic imine (C=N–C) groups is 1. The van der Waals surface area contributed by atoms with Gasteiger partial charge in [-0.05, 0) is 18.9 Å². The standard InChI is InChI=1S/C9H15N/c1-4-6-7-9(3)8-10-5-2/h6-8H,3-5H2,1-2H3/b7-6-,10-8-. The van der Waals surface area contributed by atoms with Gasteiger partial charge in [-0.3, -0.25) is 4.99 Å². The Labute approximate surface area is 63.2 Å². The highest BCUT2D eigenvalue weighted by molar-refractivity contribution is 5.81. The van der Waals surface area contributed by atoms with Crippen LogP contribution in [0.3, 0.4) is 0 Å². The van der Waals surface area contributed by atoms with Gasteiger partial charge < -0.3 is 0 Å². The Balaban J connectivity index is 3.63. The fourth-order valence-electron chi connectivity index (χ4n) is 0.521. The van der Waals surface area contributed by atoms with Crippen LogP contribution in [0.5, 0.6) is 0 Å². The molecule has 0 amide bonds. The van der Waals surface area contributed by atoms with E-state index in [0.29, 0.717) is 0 Å². The van der Waals surface area contributed by atoms with E-state index in [1.165, 1.54) is 0 Å². The van der Waals surface area contributed by atoms with Crippen LogP contribution >= 0.6 is 0 Å². The summed E-state index contributed by atoms with van der Waals surface area (Å²) in [5.41, 5.74) is 0.976. The van der Waals surface area contributed by atoms with Crippen LogP contribution in [0.4, 0.5) is 0 Å². The second-order valence-electron chi connectivity index (χ2n) is 2.01. The van der Waals surface area contributed by atoms with Crippen LogP contribution in [0.25, 0.3) is 0 Å². The van der Waals surface area contributed by atoms with E-state index in [0.717, 1.165) is 18.5 Å². The van der Waals surface area contributed by atoms with E-state index in [2.05, 4.69) is 24.6 Å². The van der Waals surface area contributed by atoms with Crippen molar-refractivity contribution in [1.82, 2.24) is 0 Å². The lowest BCUT2D eigenvalue weighted by Crippen LogP contribution is -1.77. The summed E-state index contributed by atoms with van der Waals surface area (Å²) in [5, 5.41) is 0. The van der Waals surface area contributed by atoms with Crippen molar-refractivity contribution in [3.8, 4) is 0 Å². The van der Waals surface area contributed by atoms with Gasteiger partial charge in [-0.2, -0.15) is 0 Å². The molecule has 0 aliphatic carbocycles. The van der Waals surface area contributed by atoms with Gasteiger partial charge in [0.2, 0.25) is 0 Å². The molecule has 1 heteroatoms. The van der Waals surface area contributed by atoms with Crippen LogP contribution in [-0.2, 0) is 0 Å². The minimum absolute atomic E-state index is 0.832. The molecular weight excluding hydrogens is 122 g/mol. The topological polar surface area (TPSA) is 12.4 Å². The van der Waals surface area contributed by atoms with E-state index in [1.807, 2.05) is 13.0 Å². The van der Waals surface area contributed by atoms with Crippen molar-refractivity contribution in [2.24, 2.45) is 4.99 Å². The lowest BCUT2D eigenvalue weighted by molar-refractivity contribution is 1.14. The Morgan fingerprint density at radius 2 is 2.20 bits per heavy atom. The average Bonchev–Trinajstić information content (AvgIpc) is 1.97. The number of hydrogen-bond donors (Lipinski definition) is 0. The third-order valence-corrected chi connectivity index (χ3v) is 1.01. The highest BCUT2D eigenvalue weighted by Gasteiger charge is 1.77. The Morgan fingerprint density at radius 3 is 2.70 bits per heavy atom. The first kappa shape index (κ1) is 9.15. The highest BCUT2D eigenvalue weighted by atomic mass is 14.7. The molecule has 0 rings (SSSR count). The molecule has 0 saturated heterocycles. The Hall–Kier alpha value is -0.850. The third kappa shape index (κ3) is 5.29. The lowest BCUT2D eigenvalue weighted by Gasteiger charge is -1.86. The first-order valence-corrected chi connectivity index (χ1v) is 3.66. The van der Waals surface area contributed by atoms with Gasteiger partial charge in [0.25, 0.3) is 0 Å². The second-order valence-corrected chi connectivity index (χ2v) is 2.01. The van der Waals surface area contributed by atoms with Gasteiger partial charge in [-0.15, -0.1) is 0 Å². The molecule has 0 aromatic carbocycles. The summed E-state index contributed by atoms with van der Waals surface area (Å²) in [5.74, 6) is 0. The van der Waals surface area contributed by atoms with Crippen LogP contribution in [0.15, 0.2) is 29.3 Å². The first-order chi connectivity index (χ1) is 4.81. The van der Waals surface area contributed by atoms with Crippen molar-refractivity contribution in [3.63, 3.8) is 0 Å². The molecular formula is C9H15N. The zero-order valence-electron chi connectivity index (χ0n) is 6.80. The fourth-order valence-corrected chi connectivity index (χ4v) is 0.521. The molecule has 0 N–H and O–H groups in total. The number of allylic oxidation sites excluding steroid dienone is 3.